The second-order valence-electron chi connectivity index (χ2n) is 5.14. The van der Waals surface area contributed by atoms with Crippen LogP contribution in [0.15, 0.2) is 24.3 Å². The molecule has 114 valence electrons. The molecular weight excluding hydrogens is 286 g/mol. The van der Waals surface area contributed by atoms with Crippen molar-refractivity contribution in [2.45, 2.75) is 45.4 Å². The molecule has 0 bridgehead atoms. The molecule has 0 aliphatic heterocycles. The summed E-state index contributed by atoms with van der Waals surface area (Å²) in [6.07, 6.45) is 3.35. The fourth-order valence-corrected chi connectivity index (χ4v) is 2.53. The maximum absolute atomic E-state index is 12.1. The molecule has 4 heteroatoms. The highest BCUT2D eigenvalue weighted by Gasteiger charge is 2.23. The number of halogens is 1. The van der Waals surface area contributed by atoms with Crippen LogP contribution in [-0.2, 0) is 9.53 Å². The van der Waals surface area contributed by atoms with Crippen molar-refractivity contribution < 1.29 is 9.53 Å². The third-order valence-electron chi connectivity index (χ3n) is 3.45. The predicted molar refractivity (Wildman–Crippen MR) is 84.1 cm³/mol. The van der Waals surface area contributed by atoms with E-state index in [0.29, 0.717) is 18.1 Å². The van der Waals surface area contributed by atoms with E-state index in [1.54, 1.807) is 13.0 Å². The Morgan fingerprint density at radius 2 is 2.00 bits per heavy atom. The van der Waals surface area contributed by atoms with Crippen molar-refractivity contribution in [2.75, 3.05) is 6.61 Å². The van der Waals surface area contributed by atoms with Gasteiger partial charge in [0.1, 0.15) is 0 Å². The minimum absolute atomic E-state index is 0.0614. The highest BCUT2D eigenvalue weighted by molar-refractivity contribution is 6.31. The SMILES string of the molecule is CCOC(=O)C(CCCCC(C)C#N)c1ccccc1Cl. The van der Waals surface area contributed by atoms with Gasteiger partial charge in [-0.1, -0.05) is 42.6 Å². The highest BCUT2D eigenvalue weighted by atomic mass is 35.5. The average molecular weight is 308 g/mol. The van der Waals surface area contributed by atoms with E-state index < -0.39 is 0 Å². The van der Waals surface area contributed by atoms with Gasteiger partial charge in [0.15, 0.2) is 0 Å². The van der Waals surface area contributed by atoms with Crippen LogP contribution in [0.25, 0.3) is 0 Å². The summed E-state index contributed by atoms with van der Waals surface area (Å²) in [5.41, 5.74) is 0.825. The number of hydrogen-bond acceptors (Lipinski definition) is 3. The second-order valence-corrected chi connectivity index (χ2v) is 5.55. The number of nitrogens with zero attached hydrogens (tertiary/aromatic N) is 1. The fraction of sp³-hybridized carbons (Fsp3) is 0.529. The van der Waals surface area contributed by atoms with E-state index in [1.807, 2.05) is 25.1 Å². The maximum atomic E-state index is 12.1. The maximum Gasteiger partial charge on any atom is 0.313 e. The normalized spacial score (nSPS) is 13.2. The second kappa shape index (κ2) is 9.41. The Hall–Kier alpha value is -1.53. The van der Waals surface area contributed by atoms with Gasteiger partial charge in [-0.3, -0.25) is 4.79 Å². The van der Waals surface area contributed by atoms with Crippen molar-refractivity contribution >= 4 is 17.6 Å². The van der Waals surface area contributed by atoms with E-state index in [0.717, 1.165) is 24.8 Å². The Morgan fingerprint density at radius 3 is 2.62 bits per heavy atom. The van der Waals surface area contributed by atoms with Gasteiger partial charge in [-0.25, -0.2) is 0 Å². The Bertz CT molecular complexity index is 496. The van der Waals surface area contributed by atoms with E-state index >= 15 is 0 Å². The van der Waals surface area contributed by atoms with E-state index in [1.165, 1.54) is 0 Å². The number of carbonyl (C=O) groups excluding carboxylic acids is 1. The van der Waals surface area contributed by atoms with Crippen LogP contribution in [0.5, 0.6) is 0 Å². The summed E-state index contributed by atoms with van der Waals surface area (Å²) in [6.45, 7) is 4.08. The standard InChI is InChI=1S/C17H22ClNO2/c1-3-21-17(20)15(10-5-4-8-13(2)12-19)14-9-6-7-11-16(14)18/h6-7,9,11,13,15H,3-5,8,10H2,1-2H3. The number of esters is 1. The lowest BCUT2D eigenvalue weighted by Crippen LogP contribution is -2.16. The average Bonchev–Trinajstić information content (AvgIpc) is 2.48. The van der Waals surface area contributed by atoms with Crippen LogP contribution in [0, 0.1) is 17.2 Å². The van der Waals surface area contributed by atoms with Gasteiger partial charge in [0.2, 0.25) is 0 Å². The van der Waals surface area contributed by atoms with Crippen molar-refractivity contribution in [2.24, 2.45) is 5.92 Å². The van der Waals surface area contributed by atoms with E-state index in [4.69, 9.17) is 21.6 Å². The number of hydrogen-bond donors (Lipinski definition) is 0. The number of rotatable bonds is 8. The summed E-state index contributed by atoms with van der Waals surface area (Å²) in [7, 11) is 0. The number of benzene rings is 1. The lowest BCUT2D eigenvalue weighted by atomic mass is 9.92. The number of carbonyl (C=O) groups is 1. The fourth-order valence-electron chi connectivity index (χ4n) is 2.26. The largest absolute Gasteiger partial charge is 0.466 e. The zero-order valence-electron chi connectivity index (χ0n) is 12.6. The van der Waals surface area contributed by atoms with Crippen molar-refractivity contribution in [3.8, 4) is 6.07 Å². The third kappa shape index (κ3) is 5.77. The van der Waals surface area contributed by atoms with Crippen molar-refractivity contribution in [3.05, 3.63) is 34.9 Å². The molecule has 21 heavy (non-hydrogen) atoms. The van der Waals surface area contributed by atoms with Gasteiger partial charge >= 0.3 is 5.97 Å². The van der Waals surface area contributed by atoms with Gasteiger partial charge in [0.25, 0.3) is 0 Å². The zero-order valence-corrected chi connectivity index (χ0v) is 13.4. The monoisotopic (exact) mass is 307 g/mol. The Morgan fingerprint density at radius 1 is 1.33 bits per heavy atom. The van der Waals surface area contributed by atoms with Crippen molar-refractivity contribution in [1.82, 2.24) is 0 Å². The first kappa shape index (κ1) is 17.5. The molecule has 0 heterocycles. The molecule has 3 nitrogen and oxygen atoms in total. The van der Waals surface area contributed by atoms with Crippen LogP contribution < -0.4 is 0 Å². The van der Waals surface area contributed by atoms with Gasteiger partial charge in [-0.15, -0.1) is 0 Å². The van der Waals surface area contributed by atoms with Crippen molar-refractivity contribution in [3.63, 3.8) is 0 Å². The molecule has 0 N–H and O–H groups in total. The summed E-state index contributed by atoms with van der Waals surface area (Å²) in [4.78, 5) is 12.1. The van der Waals surface area contributed by atoms with E-state index in [9.17, 15) is 4.79 Å². The Labute approximate surface area is 131 Å². The molecule has 0 saturated heterocycles. The van der Waals surface area contributed by atoms with Gasteiger partial charge in [0, 0.05) is 10.9 Å². The van der Waals surface area contributed by atoms with Crippen molar-refractivity contribution in [1.29, 1.82) is 5.26 Å². The topological polar surface area (TPSA) is 50.1 Å². The van der Waals surface area contributed by atoms with Gasteiger partial charge in [-0.05, 0) is 38.3 Å². The molecule has 2 unspecified atom stereocenters. The molecule has 0 aromatic heterocycles. The quantitative estimate of drug-likeness (QED) is 0.516. The first-order valence-corrected chi connectivity index (χ1v) is 7.78. The Kier molecular flexibility index (Phi) is 7.85. The molecule has 2 atom stereocenters. The van der Waals surface area contributed by atoms with Gasteiger partial charge in [0.05, 0.1) is 18.6 Å². The molecule has 0 radical (unpaired) electrons. The summed E-state index contributed by atoms with van der Waals surface area (Å²) < 4.78 is 5.16. The highest BCUT2D eigenvalue weighted by Crippen LogP contribution is 2.30. The van der Waals surface area contributed by atoms with Crippen LogP contribution in [0.1, 0.15) is 51.0 Å². The number of nitriles is 1. The van der Waals surface area contributed by atoms with Crippen LogP contribution >= 0.6 is 11.6 Å². The summed E-state index contributed by atoms with van der Waals surface area (Å²) in [5, 5.41) is 9.37. The van der Waals surface area contributed by atoms with Crippen LogP contribution in [0.4, 0.5) is 0 Å². The summed E-state index contributed by atoms with van der Waals surface area (Å²) in [6, 6.07) is 9.62. The molecule has 0 aliphatic carbocycles. The molecule has 1 rings (SSSR count). The van der Waals surface area contributed by atoms with Gasteiger partial charge in [-0.2, -0.15) is 5.26 Å². The molecule has 0 spiro atoms. The Balaban J connectivity index is 2.69. The summed E-state index contributed by atoms with van der Waals surface area (Å²) in [5.74, 6) is -0.485. The number of ether oxygens (including phenoxy) is 1. The zero-order chi connectivity index (χ0) is 15.7. The molecule has 0 fully saturated rings. The first-order valence-electron chi connectivity index (χ1n) is 7.40. The van der Waals surface area contributed by atoms with Crippen LogP contribution in [0.3, 0.4) is 0 Å². The van der Waals surface area contributed by atoms with Crippen LogP contribution in [-0.4, -0.2) is 12.6 Å². The lowest BCUT2D eigenvalue weighted by Gasteiger charge is -2.17. The first-order chi connectivity index (χ1) is 10.1. The van der Waals surface area contributed by atoms with E-state index in [2.05, 4.69) is 6.07 Å². The third-order valence-corrected chi connectivity index (χ3v) is 3.80. The number of unbranched alkanes of at least 4 members (excludes halogenated alkanes) is 1. The smallest absolute Gasteiger partial charge is 0.313 e. The molecule has 1 aromatic carbocycles. The van der Waals surface area contributed by atoms with Crippen LogP contribution in [0.2, 0.25) is 5.02 Å². The predicted octanol–water partition coefficient (Wildman–Crippen LogP) is 4.71. The molecule has 0 aliphatic rings. The van der Waals surface area contributed by atoms with Gasteiger partial charge < -0.3 is 4.74 Å². The van der Waals surface area contributed by atoms with E-state index in [-0.39, 0.29) is 17.8 Å². The summed E-state index contributed by atoms with van der Waals surface area (Å²) >= 11 is 6.20. The molecule has 0 amide bonds. The minimum Gasteiger partial charge on any atom is -0.466 e. The molecule has 1 aromatic rings. The minimum atomic E-state index is -0.323. The molecule has 0 saturated carbocycles. The lowest BCUT2D eigenvalue weighted by molar-refractivity contribution is -0.145. The molecular formula is C17H22ClNO2.